The molecule has 4 heteroatoms. The van der Waals surface area contributed by atoms with Crippen molar-refractivity contribution in [1.82, 2.24) is 15.3 Å². The minimum atomic E-state index is 0.736. The molecule has 1 aliphatic rings. The lowest BCUT2D eigenvalue weighted by Crippen LogP contribution is -2.37. The minimum absolute atomic E-state index is 0.736. The molecule has 0 bridgehead atoms. The van der Waals surface area contributed by atoms with Crippen LogP contribution in [-0.2, 0) is 0 Å². The fraction of sp³-hybridized carbons (Fsp3) is 0.667. The van der Waals surface area contributed by atoms with Gasteiger partial charge in [0.05, 0.1) is 5.69 Å². The highest BCUT2D eigenvalue weighted by molar-refractivity contribution is 5.41. The van der Waals surface area contributed by atoms with Crippen LogP contribution in [0.3, 0.4) is 0 Å². The molecule has 0 amide bonds. The number of hydrogen-bond acceptors (Lipinski definition) is 4. The van der Waals surface area contributed by atoms with Gasteiger partial charge in [0.15, 0.2) is 0 Å². The van der Waals surface area contributed by atoms with Crippen molar-refractivity contribution in [2.75, 3.05) is 31.6 Å². The van der Waals surface area contributed by atoms with Crippen molar-refractivity contribution in [2.45, 2.75) is 19.8 Å². The van der Waals surface area contributed by atoms with E-state index in [2.05, 4.69) is 27.2 Å². The Morgan fingerprint density at radius 1 is 1.44 bits per heavy atom. The predicted octanol–water partition coefficient (Wildman–Crippen LogP) is 1.22. The molecule has 2 rings (SSSR count). The Balaban J connectivity index is 1.96. The third kappa shape index (κ3) is 2.70. The summed E-state index contributed by atoms with van der Waals surface area (Å²) in [6, 6.07) is 0. The molecule has 1 fully saturated rings. The van der Waals surface area contributed by atoms with E-state index in [-0.39, 0.29) is 0 Å². The van der Waals surface area contributed by atoms with Crippen LogP contribution in [0, 0.1) is 12.8 Å². The van der Waals surface area contributed by atoms with Crippen LogP contribution in [0.1, 0.15) is 18.5 Å². The summed E-state index contributed by atoms with van der Waals surface area (Å²) in [7, 11) is 2.10. The molecular weight excluding hydrogens is 200 g/mol. The number of nitrogens with one attached hydrogen (secondary N) is 1. The normalized spacial score (nSPS) is 20.8. The summed E-state index contributed by atoms with van der Waals surface area (Å²) in [5.41, 5.74) is 1.01. The third-order valence-electron chi connectivity index (χ3n) is 3.15. The molecule has 16 heavy (non-hydrogen) atoms. The number of aryl methyl sites for hydroxylation is 1. The van der Waals surface area contributed by atoms with Gasteiger partial charge in [0.1, 0.15) is 5.82 Å². The number of rotatable bonds is 3. The molecule has 1 aliphatic heterocycles. The maximum Gasteiger partial charge on any atom is 0.149 e. The van der Waals surface area contributed by atoms with E-state index in [1.165, 1.54) is 19.4 Å². The lowest BCUT2D eigenvalue weighted by Gasteiger charge is -2.28. The molecule has 1 saturated heterocycles. The number of hydrogen-bond donors (Lipinski definition) is 1. The maximum absolute atomic E-state index is 4.39. The Hall–Kier alpha value is -1.16. The van der Waals surface area contributed by atoms with Crippen LogP contribution in [0.15, 0.2) is 12.4 Å². The topological polar surface area (TPSA) is 41.1 Å². The fourth-order valence-electron chi connectivity index (χ4n) is 2.33. The SMILES string of the molecule is Cc1nccnc1N(C)CC1CCCNC1. The average molecular weight is 220 g/mol. The summed E-state index contributed by atoms with van der Waals surface area (Å²) in [6.45, 7) is 5.37. The van der Waals surface area contributed by atoms with Crippen molar-refractivity contribution < 1.29 is 0 Å². The van der Waals surface area contributed by atoms with Crippen LogP contribution in [0.25, 0.3) is 0 Å². The molecule has 0 aromatic carbocycles. The van der Waals surface area contributed by atoms with Gasteiger partial charge >= 0.3 is 0 Å². The minimum Gasteiger partial charge on any atom is -0.358 e. The second-order valence-corrected chi connectivity index (χ2v) is 4.56. The van der Waals surface area contributed by atoms with Gasteiger partial charge in [-0.25, -0.2) is 4.98 Å². The van der Waals surface area contributed by atoms with Gasteiger partial charge in [-0.3, -0.25) is 4.98 Å². The average Bonchev–Trinajstić information content (AvgIpc) is 2.31. The zero-order valence-electron chi connectivity index (χ0n) is 10.1. The maximum atomic E-state index is 4.39. The number of anilines is 1. The first-order chi connectivity index (χ1) is 7.77. The molecule has 1 aromatic rings. The summed E-state index contributed by atoms with van der Waals surface area (Å²) < 4.78 is 0. The number of nitrogens with zero attached hydrogens (tertiary/aromatic N) is 3. The zero-order chi connectivity index (χ0) is 11.4. The van der Waals surface area contributed by atoms with Crippen molar-refractivity contribution >= 4 is 5.82 Å². The summed E-state index contributed by atoms with van der Waals surface area (Å²) in [6.07, 6.45) is 6.11. The fourth-order valence-corrected chi connectivity index (χ4v) is 2.33. The predicted molar refractivity (Wildman–Crippen MR) is 65.6 cm³/mol. The highest BCUT2D eigenvalue weighted by atomic mass is 15.2. The van der Waals surface area contributed by atoms with Crippen LogP contribution < -0.4 is 10.2 Å². The van der Waals surface area contributed by atoms with E-state index in [1.54, 1.807) is 12.4 Å². The first-order valence-electron chi connectivity index (χ1n) is 5.97. The van der Waals surface area contributed by atoms with Crippen molar-refractivity contribution in [1.29, 1.82) is 0 Å². The second kappa shape index (κ2) is 5.25. The highest BCUT2D eigenvalue weighted by Gasteiger charge is 2.16. The first-order valence-corrected chi connectivity index (χ1v) is 5.97. The Morgan fingerprint density at radius 2 is 2.25 bits per heavy atom. The van der Waals surface area contributed by atoms with Gasteiger partial charge in [0.25, 0.3) is 0 Å². The van der Waals surface area contributed by atoms with E-state index in [9.17, 15) is 0 Å². The van der Waals surface area contributed by atoms with Gasteiger partial charge < -0.3 is 10.2 Å². The van der Waals surface area contributed by atoms with Gasteiger partial charge in [-0.05, 0) is 38.8 Å². The molecule has 0 radical (unpaired) electrons. The lowest BCUT2D eigenvalue weighted by molar-refractivity contribution is 0.380. The summed E-state index contributed by atoms with van der Waals surface area (Å²) >= 11 is 0. The second-order valence-electron chi connectivity index (χ2n) is 4.56. The molecule has 0 saturated carbocycles. The van der Waals surface area contributed by atoms with Crippen molar-refractivity contribution in [3.8, 4) is 0 Å². The molecule has 1 unspecified atom stereocenters. The van der Waals surface area contributed by atoms with Crippen molar-refractivity contribution in [3.63, 3.8) is 0 Å². The lowest BCUT2D eigenvalue weighted by atomic mass is 9.99. The van der Waals surface area contributed by atoms with Gasteiger partial charge in [0, 0.05) is 26.0 Å². The summed E-state index contributed by atoms with van der Waals surface area (Å²) in [5.74, 6) is 1.74. The zero-order valence-corrected chi connectivity index (χ0v) is 10.1. The van der Waals surface area contributed by atoms with Gasteiger partial charge in [0.2, 0.25) is 0 Å². The molecule has 1 aromatic heterocycles. The van der Waals surface area contributed by atoms with Gasteiger partial charge in [-0.1, -0.05) is 0 Å². The summed E-state index contributed by atoms with van der Waals surface area (Å²) in [4.78, 5) is 10.9. The van der Waals surface area contributed by atoms with E-state index < -0.39 is 0 Å². The molecule has 0 spiro atoms. The Morgan fingerprint density at radius 3 is 2.94 bits per heavy atom. The van der Waals surface area contributed by atoms with Crippen LogP contribution in [0.2, 0.25) is 0 Å². The monoisotopic (exact) mass is 220 g/mol. The van der Waals surface area contributed by atoms with E-state index in [0.717, 1.165) is 30.5 Å². The molecule has 2 heterocycles. The largest absolute Gasteiger partial charge is 0.358 e. The van der Waals surface area contributed by atoms with Crippen LogP contribution in [0.4, 0.5) is 5.82 Å². The van der Waals surface area contributed by atoms with Crippen molar-refractivity contribution in [3.05, 3.63) is 18.1 Å². The van der Waals surface area contributed by atoms with Gasteiger partial charge in [-0.2, -0.15) is 0 Å². The molecular formula is C12H20N4. The van der Waals surface area contributed by atoms with E-state index in [0.29, 0.717) is 0 Å². The molecule has 4 nitrogen and oxygen atoms in total. The van der Waals surface area contributed by atoms with Crippen LogP contribution >= 0.6 is 0 Å². The third-order valence-corrected chi connectivity index (χ3v) is 3.15. The van der Waals surface area contributed by atoms with E-state index >= 15 is 0 Å². The quantitative estimate of drug-likeness (QED) is 0.831. The Labute approximate surface area is 97.1 Å². The Bertz CT molecular complexity index is 334. The van der Waals surface area contributed by atoms with E-state index in [4.69, 9.17) is 0 Å². The molecule has 88 valence electrons. The van der Waals surface area contributed by atoms with Crippen LogP contribution in [-0.4, -0.2) is 36.6 Å². The number of piperidine rings is 1. The van der Waals surface area contributed by atoms with E-state index in [1.807, 2.05) is 6.92 Å². The standard InChI is InChI=1S/C12H20N4/c1-10-12(15-7-6-14-10)16(2)9-11-4-3-5-13-8-11/h6-7,11,13H,3-5,8-9H2,1-2H3. The van der Waals surface area contributed by atoms with Crippen LogP contribution in [0.5, 0.6) is 0 Å². The first kappa shape index (κ1) is 11.3. The molecule has 1 atom stereocenters. The number of aromatic nitrogens is 2. The smallest absolute Gasteiger partial charge is 0.149 e. The van der Waals surface area contributed by atoms with Crippen molar-refractivity contribution in [2.24, 2.45) is 5.92 Å². The highest BCUT2D eigenvalue weighted by Crippen LogP contribution is 2.16. The Kier molecular flexibility index (Phi) is 3.72. The molecule has 1 N–H and O–H groups in total. The van der Waals surface area contributed by atoms with Gasteiger partial charge in [-0.15, -0.1) is 0 Å². The molecule has 0 aliphatic carbocycles. The summed E-state index contributed by atoms with van der Waals surface area (Å²) in [5, 5.41) is 3.44.